The minimum absolute atomic E-state index is 0.106. The van der Waals surface area contributed by atoms with Gasteiger partial charge in [-0.1, -0.05) is 24.3 Å². The van der Waals surface area contributed by atoms with Crippen LogP contribution in [0.5, 0.6) is 0 Å². The number of para-hydroxylation sites is 1. The largest absolute Gasteiger partial charge is 0.278 e. The number of carbonyl (C=O) groups is 2. The molecular formula is C18H15N3O4. The first-order valence-corrected chi connectivity index (χ1v) is 8.41. The van der Waals surface area contributed by atoms with E-state index >= 15 is 0 Å². The van der Waals surface area contributed by atoms with Gasteiger partial charge in [0.05, 0.1) is 28.5 Å². The summed E-state index contributed by atoms with van der Waals surface area (Å²) in [6.45, 7) is 0. The Hall–Kier alpha value is -2.83. The zero-order chi connectivity index (χ0) is 17.3. The Kier molecular flexibility index (Phi) is 2.81. The van der Waals surface area contributed by atoms with Crippen LogP contribution in [0.2, 0.25) is 0 Å². The van der Waals surface area contributed by atoms with Gasteiger partial charge in [-0.3, -0.25) is 19.7 Å². The van der Waals surface area contributed by atoms with E-state index in [-0.39, 0.29) is 46.7 Å². The summed E-state index contributed by atoms with van der Waals surface area (Å²) < 4.78 is 0. The third kappa shape index (κ3) is 1.89. The predicted octanol–water partition coefficient (Wildman–Crippen LogP) is 1.98. The molecule has 1 aromatic rings. The molecule has 2 amide bonds. The van der Waals surface area contributed by atoms with Crippen LogP contribution in [0, 0.1) is 45.6 Å². The summed E-state index contributed by atoms with van der Waals surface area (Å²) in [5.41, 5.74) is 0.164. The monoisotopic (exact) mass is 337 g/mol. The maximum Gasteiger partial charge on any atom is 0.278 e. The van der Waals surface area contributed by atoms with Crippen LogP contribution in [-0.2, 0) is 9.59 Å². The Labute approximate surface area is 143 Å². The van der Waals surface area contributed by atoms with Crippen LogP contribution in [0.15, 0.2) is 41.5 Å². The fourth-order valence-electron chi connectivity index (χ4n) is 4.94. The predicted molar refractivity (Wildman–Crippen MR) is 87.2 cm³/mol. The van der Waals surface area contributed by atoms with Gasteiger partial charge in [-0.25, -0.2) is 0 Å². The maximum absolute atomic E-state index is 12.8. The van der Waals surface area contributed by atoms with E-state index in [0.29, 0.717) is 11.8 Å². The van der Waals surface area contributed by atoms with Crippen molar-refractivity contribution in [3.63, 3.8) is 0 Å². The van der Waals surface area contributed by atoms with Crippen molar-refractivity contribution in [3.8, 4) is 0 Å². The van der Waals surface area contributed by atoms with Crippen LogP contribution >= 0.6 is 0 Å². The highest BCUT2D eigenvalue weighted by Crippen LogP contribution is 2.65. The average molecular weight is 337 g/mol. The third-order valence-electron chi connectivity index (χ3n) is 6.09. The summed E-state index contributed by atoms with van der Waals surface area (Å²) in [6, 6.07) is 6.12. The number of rotatable bonds is 3. The van der Waals surface area contributed by atoms with Crippen LogP contribution < -0.4 is 0 Å². The number of carbonyl (C=O) groups excluding carboxylic acids is 2. The lowest BCUT2D eigenvalue weighted by Crippen LogP contribution is -2.40. The smallest absolute Gasteiger partial charge is 0.272 e. The molecule has 5 aliphatic rings. The summed E-state index contributed by atoms with van der Waals surface area (Å²) in [6.07, 6.45) is 6.54. The van der Waals surface area contributed by atoms with Gasteiger partial charge in [0.2, 0.25) is 0 Å². The van der Waals surface area contributed by atoms with Gasteiger partial charge in [0.25, 0.3) is 17.5 Å². The van der Waals surface area contributed by atoms with Crippen molar-refractivity contribution in [3.05, 3.63) is 52.1 Å². The van der Waals surface area contributed by atoms with E-state index in [4.69, 9.17) is 0 Å². The molecule has 7 heteroatoms. The third-order valence-corrected chi connectivity index (χ3v) is 6.09. The maximum atomic E-state index is 12.8. The van der Waals surface area contributed by atoms with Crippen molar-refractivity contribution in [2.75, 3.05) is 0 Å². The van der Waals surface area contributed by atoms with Gasteiger partial charge in [-0.2, -0.15) is 10.1 Å². The molecule has 0 spiro atoms. The Balaban J connectivity index is 1.46. The summed E-state index contributed by atoms with van der Waals surface area (Å²) in [5.74, 6) is 0.192. The van der Waals surface area contributed by atoms with Gasteiger partial charge in [0.1, 0.15) is 0 Å². The molecule has 126 valence electrons. The lowest BCUT2D eigenvalue weighted by atomic mass is 9.63. The molecule has 6 atom stereocenters. The van der Waals surface area contributed by atoms with Crippen molar-refractivity contribution in [1.29, 1.82) is 0 Å². The van der Waals surface area contributed by atoms with Gasteiger partial charge in [0.15, 0.2) is 0 Å². The van der Waals surface area contributed by atoms with Crippen LogP contribution in [0.1, 0.15) is 12.0 Å². The van der Waals surface area contributed by atoms with E-state index in [1.54, 1.807) is 18.2 Å². The SMILES string of the molecule is O=C1[C@H]2[C@@H]3C=C[C@H]([C@H]4C[C@H]34)[C@@H]2C(=O)N1/N=C/c1ccccc1[N+](=O)[O-]. The quantitative estimate of drug-likeness (QED) is 0.277. The number of benzene rings is 1. The summed E-state index contributed by atoms with van der Waals surface area (Å²) in [5, 5.41) is 16.0. The molecule has 2 saturated carbocycles. The van der Waals surface area contributed by atoms with Crippen LogP contribution in [0.4, 0.5) is 5.69 Å². The molecule has 25 heavy (non-hydrogen) atoms. The number of hydrazone groups is 1. The van der Waals surface area contributed by atoms with Crippen LogP contribution in [0.3, 0.4) is 0 Å². The number of amides is 2. The fraction of sp³-hybridized carbons (Fsp3) is 0.389. The number of nitro benzene ring substituents is 1. The Morgan fingerprint density at radius 3 is 2.28 bits per heavy atom. The van der Waals surface area contributed by atoms with E-state index in [2.05, 4.69) is 17.3 Å². The van der Waals surface area contributed by atoms with E-state index in [1.165, 1.54) is 12.3 Å². The normalized spacial score (nSPS) is 37.5. The van der Waals surface area contributed by atoms with Gasteiger partial charge in [-0.05, 0) is 36.2 Å². The average Bonchev–Trinajstić information content (AvgIpc) is 3.39. The zero-order valence-electron chi connectivity index (χ0n) is 13.2. The molecule has 7 nitrogen and oxygen atoms in total. The molecule has 3 fully saturated rings. The molecule has 1 aromatic carbocycles. The molecule has 0 N–H and O–H groups in total. The number of hydrogen-bond acceptors (Lipinski definition) is 5. The Morgan fingerprint density at radius 1 is 1.08 bits per heavy atom. The van der Waals surface area contributed by atoms with Crippen molar-refractivity contribution >= 4 is 23.7 Å². The molecular weight excluding hydrogens is 322 g/mol. The molecule has 4 aliphatic carbocycles. The van der Waals surface area contributed by atoms with Crippen molar-refractivity contribution < 1.29 is 14.5 Å². The van der Waals surface area contributed by atoms with Crippen LogP contribution in [0.25, 0.3) is 0 Å². The molecule has 6 rings (SSSR count). The number of hydrogen-bond donors (Lipinski definition) is 0. The minimum Gasteiger partial charge on any atom is -0.272 e. The number of nitro groups is 1. The van der Waals surface area contributed by atoms with E-state index in [1.807, 2.05) is 0 Å². The van der Waals surface area contributed by atoms with E-state index in [9.17, 15) is 19.7 Å². The Bertz CT molecular complexity index is 841. The van der Waals surface area contributed by atoms with Gasteiger partial charge in [-0.15, -0.1) is 0 Å². The summed E-state index contributed by atoms with van der Waals surface area (Å²) >= 11 is 0. The standard InChI is InChI=1S/C18H15N3O4/c22-17-15-10-5-6-11(13-7-12(10)13)16(15)18(23)20(17)19-8-9-3-1-2-4-14(9)21(24)25/h1-6,8,10-13,15-16H,7H2/b19-8+/t10-,11-,12-,13-,15+,16+/m1/s1. The topological polar surface area (TPSA) is 92.9 Å². The number of allylic oxidation sites excluding steroid dienone is 2. The van der Waals surface area contributed by atoms with E-state index in [0.717, 1.165) is 11.4 Å². The zero-order valence-corrected chi connectivity index (χ0v) is 13.2. The minimum atomic E-state index is -0.508. The van der Waals surface area contributed by atoms with Crippen molar-refractivity contribution in [2.45, 2.75) is 6.42 Å². The number of nitrogens with zero attached hydrogens (tertiary/aromatic N) is 3. The second-order valence-corrected chi connectivity index (χ2v) is 7.20. The van der Waals surface area contributed by atoms with Gasteiger partial charge >= 0.3 is 0 Å². The highest BCUT2D eigenvalue weighted by molar-refractivity contribution is 6.06. The lowest BCUT2D eigenvalue weighted by Gasteiger charge is -2.37. The van der Waals surface area contributed by atoms with Crippen molar-refractivity contribution in [2.24, 2.45) is 40.6 Å². The van der Waals surface area contributed by atoms with Gasteiger partial charge < -0.3 is 0 Å². The fourth-order valence-corrected chi connectivity index (χ4v) is 4.94. The molecule has 2 bridgehead atoms. The number of imide groups is 1. The molecule has 1 heterocycles. The molecule has 0 radical (unpaired) electrons. The van der Waals surface area contributed by atoms with Gasteiger partial charge in [0, 0.05) is 6.07 Å². The highest BCUT2D eigenvalue weighted by atomic mass is 16.6. The molecule has 1 aliphatic heterocycles. The first-order valence-electron chi connectivity index (χ1n) is 8.41. The Morgan fingerprint density at radius 2 is 1.68 bits per heavy atom. The molecule has 0 aromatic heterocycles. The first-order chi connectivity index (χ1) is 12.1. The van der Waals surface area contributed by atoms with E-state index < -0.39 is 4.92 Å². The molecule has 1 saturated heterocycles. The lowest BCUT2D eigenvalue weighted by molar-refractivity contribution is -0.385. The van der Waals surface area contributed by atoms with Crippen LogP contribution in [-0.4, -0.2) is 28.0 Å². The second-order valence-electron chi connectivity index (χ2n) is 7.20. The highest BCUT2D eigenvalue weighted by Gasteiger charge is 2.67. The molecule has 0 unspecified atom stereocenters. The van der Waals surface area contributed by atoms with Crippen molar-refractivity contribution in [1.82, 2.24) is 5.01 Å². The first kappa shape index (κ1) is 14.5. The second kappa shape index (κ2) is 4.84. The summed E-state index contributed by atoms with van der Waals surface area (Å²) in [7, 11) is 0. The summed E-state index contributed by atoms with van der Waals surface area (Å²) in [4.78, 5) is 36.1.